The van der Waals surface area contributed by atoms with E-state index in [1.807, 2.05) is 64.1 Å². The molecule has 1 aliphatic heterocycles. The smallest absolute Gasteiger partial charge is 0.519 e. The number of rotatable bonds is 7. The van der Waals surface area contributed by atoms with Crippen molar-refractivity contribution in [3.63, 3.8) is 0 Å². The van der Waals surface area contributed by atoms with E-state index in [-0.39, 0.29) is 7.12 Å². The Morgan fingerprint density at radius 2 is 1.82 bits per heavy atom. The average Bonchev–Trinajstić information content (AvgIpc) is 2.99. The average molecular weight is 328 g/mol. The molecule has 0 saturated heterocycles. The van der Waals surface area contributed by atoms with Crippen LogP contribution in [0.15, 0.2) is 61.2 Å². The van der Waals surface area contributed by atoms with Crippen LogP contribution in [0.3, 0.4) is 0 Å². The standard InChI is InChI=1S/C17H17BO2S2/c1-2-11-21-22-12-10-14-8-9-16-17(13-14)20-18(19-16)15-6-4-3-5-7-15/h2-9,13H,1,10-12H2. The molecule has 0 radical (unpaired) electrons. The van der Waals surface area contributed by atoms with Crippen LogP contribution in [0.1, 0.15) is 5.56 Å². The highest BCUT2D eigenvalue weighted by Crippen LogP contribution is 2.34. The van der Waals surface area contributed by atoms with Gasteiger partial charge in [-0.05, 0) is 24.1 Å². The Balaban J connectivity index is 1.59. The van der Waals surface area contributed by atoms with Crippen LogP contribution in [0.5, 0.6) is 11.5 Å². The van der Waals surface area contributed by atoms with E-state index < -0.39 is 0 Å². The van der Waals surface area contributed by atoms with E-state index in [1.165, 1.54) is 5.56 Å². The molecule has 2 nitrogen and oxygen atoms in total. The van der Waals surface area contributed by atoms with Gasteiger partial charge in [-0.1, -0.05) is 64.1 Å². The Bertz CT molecular complexity index is 634. The van der Waals surface area contributed by atoms with Gasteiger partial charge in [0.1, 0.15) is 11.5 Å². The molecular weight excluding hydrogens is 311 g/mol. The van der Waals surface area contributed by atoms with Crippen LogP contribution in [-0.2, 0) is 6.42 Å². The molecule has 1 heterocycles. The van der Waals surface area contributed by atoms with Crippen LogP contribution in [0.4, 0.5) is 0 Å². The zero-order chi connectivity index (χ0) is 15.2. The summed E-state index contributed by atoms with van der Waals surface area (Å²) in [5.41, 5.74) is 2.32. The minimum Gasteiger partial charge on any atom is -0.519 e. The van der Waals surface area contributed by atoms with Crippen molar-refractivity contribution >= 4 is 34.2 Å². The van der Waals surface area contributed by atoms with Crippen molar-refractivity contribution in [1.82, 2.24) is 0 Å². The zero-order valence-electron chi connectivity index (χ0n) is 12.2. The van der Waals surface area contributed by atoms with Crippen molar-refractivity contribution in [1.29, 1.82) is 0 Å². The molecule has 0 spiro atoms. The molecule has 3 rings (SSSR count). The number of hydrogen-bond donors (Lipinski definition) is 0. The summed E-state index contributed by atoms with van der Waals surface area (Å²) in [5.74, 6) is 3.74. The quantitative estimate of drug-likeness (QED) is 0.331. The highest BCUT2D eigenvalue weighted by Gasteiger charge is 2.33. The molecule has 2 aromatic carbocycles. The summed E-state index contributed by atoms with van der Waals surface area (Å²) in [5, 5.41) is 0. The van der Waals surface area contributed by atoms with Crippen molar-refractivity contribution in [3.05, 3.63) is 66.7 Å². The van der Waals surface area contributed by atoms with Crippen molar-refractivity contribution in [2.24, 2.45) is 0 Å². The first-order valence-corrected chi connectivity index (χ1v) is 9.72. The third-order valence-corrected chi connectivity index (χ3v) is 5.61. The largest absolute Gasteiger partial charge is 0.632 e. The Morgan fingerprint density at radius 1 is 1.00 bits per heavy atom. The van der Waals surface area contributed by atoms with Gasteiger partial charge in [0.2, 0.25) is 0 Å². The van der Waals surface area contributed by atoms with Gasteiger partial charge in [-0.2, -0.15) is 0 Å². The summed E-state index contributed by atoms with van der Waals surface area (Å²) in [6.07, 6.45) is 2.96. The lowest BCUT2D eigenvalue weighted by Crippen LogP contribution is -2.38. The van der Waals surface area contributed by atoms with Gasteiger partial charge in [0.15, 0.2) is 0 Å². The number of fused-ring (bicyclic) bond motifs is 1. The van der Waals surface area contributed by atoms with Gasteiger partial charge in [0.25, 0.3) is 0 Å². The zero-order valence-corrected chi connectivity index (χ0v) is 13.9. The first-order valence-electron chi connectivity index (χ1n) is 7.23. The van der Waals surface area contributed by atoms with E-state index in [4.69, 9.17) is 9.31 Å². The van der Waals surface area contributed by atoms with Crippen LogP contribution < -0.4 is 14.8 Å². The van der Waals surface area contributed by atoms with Crippen molar-refractivity contribution in [2.45, 2.75) is 6.42 Å². The predicted octanol–water partition coefficient (Wildman–Crippen LogP) is 3.96. The van der Waals surface area contributed by atoms with Gasteiger partial charge < -0.3 is 9.31 Å². The Morgan fingerprint density at radius 3 is 2.64 bits per heavy atom. The molecule has 2 aromatic rings. The molecule has 0 amide bonds. The lowest BCUT2D eigenvalue weighted by atomic mass is 9.79. The number of benzene rings is 2. The molecule has 1 aliphatic rings. The maximum absolute atomic E-state index is 5.93. The summed E-state index contributed by atoms with van der Waals surface area (Å²) in [6, 6.07) is 16.2. The topological polar surface area (TPSA) is 18.5 Å². The normalized spacial score (nSPS) is 12.5. The van der Waals surface area contributed by atoms with Crippen molar-refractivity contribution in [2.75, 3.05) is 11.5 Å². The summed E-state index contributed by atoms with van der Waals surface area (Å²) in [4.78, 5) is 0. The SMILES string of the molecule is C=CCSSCCc1ccc2c(c1)OB(c1ccccc1)O2. The predicted molar refractivity (Wildman–Crippen MR) is 98.3 cm³/mol. The number of hydrogen-bond acceptors (Lipinski definition) is 4. The molecular formula is C17H17BO2S2. The molecule has 112 valence electrons. The molecule has 0 fully saturated rings. The van der Waals surface area contributed by atoms with Gasteiger partial charge >= 0.3 is 7.12 Å². The second kappa shape index (κ2) is 7.70. The van der Waals surface area contributed by atoms with E-state index in [0.717, 1.165) is 34.9 Å². The van der Waals surface area contributed by atoms with Crippen LogP contribution in [0.2, 0.25) is 0 Å². The summed E-state index contributed by atoms with van der Waals surface area (Å²) in [6.45, 7) is 3.72. The van der Waals surface area contributed by atoms with E-state index in [2.05, 4.69) is 18.7 Å². The fourth-order valence-electron chi connectivity index (χ4n) is 2.21. The molecule has 0 N–H and O–H groups in total. The van der Waals surface area contributed by atoms with Gasteiger partial charge in [-0.15, -0.1) is 6.58 Å². The second-order valence-corrected chi connectivity index (χ2v) is 7.53. The van der Waals surface area contributed by atoms with Gasteiger partial charge in [0.05, 0.1) is 0 Å². The monoisotopic (exact) mass is 328 g/mol. The van der Waals surface area contributed by atoms with E-state index >= 15 is 0 Å². The molecule has 22 heavy (non-hydrogen) atoms. The molecule has 0 aromatic heterocycles. The summed E-state index contributed by atoms with van der Waals surface area (Å²) >= 11 is 0. The minimum atomic E-state index is -0.330. The Labute approximate surface area is 139 Å². The van der Waals surface area contributed by atoms with E-state index in [1.54, 1.807) is 0 Å². The van der Waals surface area contributed by atoms with Gasteiger partial charge in [-0.25, -0.2) is 0 Å². The Hall–Kier alpha value is -1.46. The first kappa shape index (κ1) is 15.4. The minimum absolute atomic E-state index is 0.330. The van der Waals surface area contributed by atoms with Crippen molar-refractivity contribution in [3.8, 4) is 11.5 Å². The third-order valence-electron chi connectivity index (χ3n) is 3.29. The van der Waals surface area contributed by atoms with Crippen LogP contribution in [0.25, 0.3) is 0 Å². The number of aryl methyl sites for hydroxylation is 1. The highest BCUT2D eigenvalue weighted by molar-refractivity contribution is 8.76. The lowest BCUT2D eigenvalue weighted by molar-refractivity contribution is 0.518. The first-order chi connectivity index (χ1) is 10.9. The molecule has 0 aliphatic carbocycles. The van der Waals surface area contributed by atoms with Gasteiger partial charge in [-0.3, -0.25) is 0 Å². The Kier molecular flexibility index (Phi) is 5.40. The fourth-order valence-corrected chi connectivity index (χ4v) is 4.02. The van der Waals surface area contributed by atoms with Gasteiger partial charge in [0, 0.05) is 17.0 Å². The molecule has 0 unspecified atom stereocenters. The maximum atomic E-state index is 5.93. The van der Waals surface area contributed by atoms with Crippen LogP contribution in [-0.4, -0.2) is 18.6 Å². The summed E-state index contributed by atoms with van der Waals surface area (Å²) in [7, 11) is 3.39. The second-order valence-electron chi connectivity index (χ2n) is 4.90. The molecule has 5 heteroatoms. The van der Waals surface area contributed by atoms with Crippen LogP contribution in [0, 0.1) is 0 Å². The van der Waals surface area contributed by atoms with Crippen molar-refractivity contribution < 1.29 is 9.31 Å². The fraction of sp³-hybridized carbons (Fsp3) is 0.176. The van der Waals surface area contributed by atoms with Crippen LogP contribution >= 0.6 is 21.6 Å². The van der Waals surface area contributed by atoms with E-state index in [0.29, 0.717) is 0 Å². The van der Waals surface area contributed by atoms with E-state index in [9.17, 15) is 0 Å². The maximum Gasteiger partial charge on any atom is 0.632 e. The lowest BCUT2D eigenvalue weighted by Gasteiger charge is -2.04. The molecule has 0 bridgehead atoms. The molecule has 0 atom stereocenters. The highest BCUT2D eigenvalue weighted by atomic mass is 33.1. The molecule has 0 saturated carbocycles. The third kappa shape index (κ3) is 3.84. The summed E-state index contributed by atoms with van der Waals surface area (Å²) < 4.78 is 11.8.